The summed E-state index contributed by atoms with van der Waals surface area (Å²) < 4.78 is 33.7. The van der Waals surface area contributed by atoms with Crippen LogP contribution in [0.25, 0.3) is 0 Å². The Labute approximate surface area is 178 Å². The largest absolute Gasteiger partial charge is 0.477 e. The highest BCUT2D eigenvalue weighted by Gasteiger charge is 2.28. The lowest BCUT2D eigenvalue weighted by atomic mass is 9.95. The van der Waals surface area contributed by atoms with E-state index in [2.05, 4.69) is 15.0 Å². The van der Waals surface area contributed by atoms with Gasteiger partial charge in [0.25, 0.3) is 0 Å². The Hall–Kier alpha value is -1.75. The van der Waals surface area contributed by atoms with E-state index in [-0.39, 0.29) is 29.2 Å². The highest BCUT2D eigenvalue weighted by molar-refractivity contribution is 7.89. The second-order valence-corrected chi connectivity index (χ2v) is 9.05. The van der Waals surface area contributed by atoms with Gasteiger partial charge in [-0.1, -0.05) is 29.3 Å². The van der Waals surface area contributed by atoms with Crippen LogP contribution < -0.4 is 10.0 Å². The summed E-state index contributed by atoms with van der Waals surface area (Å²) in [7, 11) is -3.87. The van der Waals surface area contributed by atoms with E-state index in [1.165, 1.54) is 6.07 Å². The second kappa shape index (κ2) is 9.38. The molecule has 11 heteroatoms. The number of carboxylic acid groups (broad SMARTS) is 1. The van der Waals surface area contributed by atoms with Gasteiger partial charge in [0.2, 0.25) is 10.0 Å². The molecule has 8 nitrogen and oxygen atoms in total. The van der Waals surface area contributed by atoms with Crippen LogP contribution in [0.5, 0.6) is 0 Å². The topological polar surface area (TPSA) is 118 Å². The van der Waals surface area contributed by atoms with Crippen molar-refractivity contribution in [3.63, 3.8) is 0 Å². The number of hydrogen-bond donors (Lipinski definition) is 3. The lowest BCUT2D eigenvalue weighted by Crippen LogP contribution is -2.36. The summed E-state index contributed by atoms with van der Waals surface area (Å²) in [4.78, 5) is 14.4. The van der Waals surface area contributed by atoms with Gasteiger partial charge in [0.1, 0.15) is 10.6 Å². The quantitative estimate of drug-likeness (QED) is 0.606. The Kier molecular flexibility index (Phi) is 7.10. The first kappa shape index (κ1) is 21.9. The highest BCUT2D eigenvalue weighted by atomic mass is 35.5. The molecule has 29 heavy (non-hydrogen) atoms. The summed E-state index contributed by atoms with van der Waals surface area (Å²) in [5.41, 5.74) is 0.574. The SMILES string of the molecule is O=C(O)c1ccc(S(=O)(=O)NCC2CNCCOC2c2ccc(Cl)c(Cl)c2)cn1. The summed E-state index contributed by atoms with van der Waals surface area (Å²) in [6, 6.07) is 7.55. The minimum atomic E-state index is -3.87. The molecule has 1 aromatic carbocycles. The summed E-state index contributed by atoms with van der Waals surface area (Å²) in [6.45, 7) is 1.74. The van der Waals surface area contributed by atoms with Crippen molar-refractivity contribution in [2.75, 3.05) is 26.2 Å². The van der Waals surface area contributed by atoms with Crippen molar-refractivity contribution in [2.24, 2.45) is 5.92 Å². The maximum atomic E-state index is 12.6. The first-order valence-electron chi connectivity index (χ1n) is 8.74. The molecule has 2 heterocycles. The molecular formula is C18H19Cl2N3O5S. The van der Waals surface area contributed by atoms with Gasteiger partial charge >= 0.3 is 5.97 Å². The molecule has 1 aliphatic heterocycles. The molecule has 1 aliphatic rings. The Morgan fingerprint density at radius 1 is 1.28 bits per heavy atom. The number of aromatic nitrogens is 1. The average molecular weight is 460 g/mol. The number of sulfonamides is 1. The molecule has 0 bridgehead atoms. The molecule has 2 aromatic rings. The Morgan fingerprint density at radius 3 is 2.72 bits per heavy atom. The van der Waals surface area contributed by atoms with Gasteiger partial charge < -0.3 is 15.2 Å². The molecule has 1 saturated heterocycles. The van der Waals surface area contributed by atoms with Crippen LogP contribution in [0.15, 0.2) is 41.4 Å². The normalized spacial score (nSPS) is 20.2. The summed E-state index contributed by atoms with van der Waals surface area (Å²) in [6.07, 6.45) is 0.638. The molecule has 0 saturated carbocycles. The Morgan fingerprint density at radius 2 is 2.07 bits per heavy atom. The second-order valence-electron chi connectivity index (χ2n) is 6.47. The van der Waals surface area contributed by atoms with Gasteiger partial charge in [0.15, 0.2) is 0 Å². The van der Waals surface area contributed by atoms with E-state index >= 15 is 0 Å². The zero-order valence-corrected chi connectivity index (χ0v) is 17.5. The summed E-state index contributed by atoms with van der Waals surface area (Å²) in [5, 5.41) is 12.9. The van der Waals surface area contributed by atoms with Gasteiger partial charge in [0, 0.05) is 31.7 Å². The van der Waals surface area contributed by atoms with E-state index in [0.717, 1.165) is 17.8 Å². The molecule has 0 radical (unpaired) electrons. The molecule has 0 amide bonds. The van der Waals surface area contributed by atoms with Gasteiger partial charge in [0.05, 0.1) is 22.8 Å². The van der Waals surface area contributed by atoms with Gasteiger partial charge in [-0.25, -0.2) is 22.9 Å². The fourth-order valence-electron chi connectivity index (χ4n) is 2.99. The smallest absolute Gasteiger partial charge is 0.354 e. The van der Waals surface area contributed by atoms with Crippen molar-refractivity contribution < 1.29 is 23.1 Å². The average Bonchev–Trinajstić information content (AvgIpc) is 2.94. The number of nitrogens with zero attached hydrogens (tertiary/aromatic N) is 1. The number of benzene rings is 1. The molecule has 156 valence electrons. The molecule has 1 fully saturated rings. The molecule has 2 atom stereocenters. The number of hydrogen-bond acceptors (Lipinski definition) is 6. The van der Waals surface area contributed by atoms with Gasteiger partial charge in [-0.15, -0.1) is 0 Å². The number of halogens is 2. The molecule has 3 rings (SSSR count). The van der Waals surface area contributed by atoms with E-state index in [9.17, 15) is 13.2 Å². The van der Waals surface area contributed by atoms with E-state index < -0.39 is 16.0 Å². The van der Waals surface area contributed by atoms with Crippen LogP contribution in [0, 0.1) is 5.92 Å². The van der Waals surface area contributed by atoms with Crippen molar-refractivity contribution in [2.45, 2.75) is 11.0 Å². The lowest BCUT2D eigenvalue weighted by molar-refractivity contribution is 0.0322. The zero-order chi connectivity index (χ0) is 21.0. The van der Waals surface area contributed by atoms with Crippen LogP contribution in [-0.4, -0.2) is 50.7 Å². The van der Waals surface area contributed by atoms with Crippen LogP contribution in [0.1, 0.15) is 22.2 Å². The van der Waals surface area contributed by atoms with Gasteiger partial charge in [-0.3, -0.25) is 0 Å². The van der Waals surface area contributed by atoms with Gasteiger partial charge in [-0.05, 0) is 29.8 Å². The molecular weight excluding hydrogens is 441 g/mol. The van der Waals surface area contributed by atoms with Crippen LogP contribution in [0.4, 0.5) is 0 Å². The van der Waals surface area contributed by atoms with E-state index in [1.54, 1.807) is 18.2 Å². The van der Waals surface area contributed by atoms with Crippen molar-refractivity contribution in [3.8, 4) is 0 Å². The van der Waals surface area contributed by atoms with Crippen LogP contribution in [0.3, 0.4) is 0 Å². The van der Waals surface area contributed by atoms with Crippen molar-refractivity contribution in [1.29, 1.82) is 0 Å². The number of nitrogens with one attached hydrogen (secondary N) is 2. The minimum Gasteiger partial charge on any atom is -0.477 e. The number of rotatable bonds is 6. The number of carbonyl (C=O) groups is 1. The van der Waals surface area contributed by atoms with Crippen molar-refractivity contribution in [1.82, 2.24) is 15.0 Å². The van der Waals surface area contributed by atoms with E-state index in [1.807, 2.05) is 0 Å². The lowest BCUT2D eigenvalue weighted by Gasteiger charge is -2.25. The third kappa shape index (κ3) is 5.44. The maximum Gasteiger partial charge on any atom is 0.354 e. The highest BCUT2D eigenvalue weighted by Crippen LogP contribution is 2.32. The minimum absolute atomic E-state index is 0.0981. The molecule has 0 spiro atoms. The third-order valence-corrected chi connectivity index (χ3v) is 6.63. The third-order valence-electron chi connectivity index (χ3n) is 4.48. The first-order valence-corrected chi connectivity index (χ1v) is 11.0. The molecule has 3 N–H and O–H groups in total. The van der Waals surface area contributed by atoms with Crippen LogP contribution >= 0.6 is 23.2 Å². The van der Waals surface area contributed by atoms with E-state index in [0.29, 0.717) is 29.7 Å². The molecule has 1 aromatic heterocycles. The van der Waals surface area contributed by atoms with Crippen LogP contribution in [-0.2, 0) is 14.8 Å². The predicted molar refractivity (Wildman–Crippen MR) is 108 cm³/mol. The zero-order valence-electron chi connectivity index (χ0n) is 15.1. The molecule has 2 unspecified atom stereocenters. The molecule has 0 aliphatic carbocycles. The summed E-state index contributed by atoms with van der Waals surface area (Å²) in [5.74, 6) is -1.44. The Balaban J connectivity index is 1.76. The summed E-state index contributed by atoms with van der Waals surface area (Å²) >= 11 is 12.1. The van der Waals surface area contributed by atoms with Crippen molar-refractivity contribution in [3.05, 3.63) is 57.8 Å². The number of ether oxygens (including phenoxy) is 1. The van der Waals surface area contributed by atoms with Crippen LogP contribution in [0.2, 0.25) is 10.0 Å². The fourth-order valence-corrected chi connectivity index (χ4v) is 4.34. The Bertz CT molecular complexity index is 985. The van der Waals surface area contributed by atoms with Crippen molar-refractivity contribution >= 4 is 39.2 Å². The number of carboxylic acids is 1. The standard InChI is InChI=1S/C18H19Cl2N3O5S/c19-14-3-1-11(7-15(14)20)17-12(8-21-5-6-28-17)9-23-29(26,27)13-2-4-16(18(24)25)22-10-13/h1-4,7,10,12,17,21,23H,5-6,8-9H2,(H,24,25). The first-order chi connectivity index (χ1) is 13.8. The monoisotopic (exact) mass is 459 g/mol. The van der Waals surface area contributed by atoms with E-state index in [4.69, 9.17) is 33.0 Å². The van der Waals surface area contributed by atoms with Gasteiger partial charge in [-0.2, -0.15) is 0 Å². The fraction of sp³-hybridized carbons (Fsp3) is 0.333. The maximum absolute atomic E-state index is 12.6. The number of aromatic carboxylic acids is 1. The number of pyridine rings is 1. The predicted octanol–water partition coefficient (Wildman–Crippen LogP) is 2.34.